The van der Waals surface area contributed by atoms with Gasteiger partial charge in [0, 0.05) is 11.1 Å². The molecular weight excluding hydrogens is 146 g/mol. The first kappa shape index (κ1) is 7.54. The van der Waals surface area contributed by atoms with Crippen molar-refractivity contribution in [2.24, 2.45) is 0 Å². The van der Waals surface area contributed by atoms with Gasteiger partial charge in [0.15, 0.2) is 6.07 Å². The Morgan fingerprint density at radius 1 is 1.73 bits per heavy atom. The van der Waals surface area contributed by atoms with E-state index in [4.69, 9.17) is 5.26 Å². The second-order valence-corrected chi connectivity index (χ2v) is 2.43. The Morgan fingerprint density at radius 2 is 2.36 bits per heavy atom. The summed E-state index contributed by atoms with van der Waals surface area (Å²) in [6.45, 7) is 3.66. The molecule has 0 aliphatic heterocycles. The monoisotopic (exact) mass is 153 g/mol. The molecule has 0 unspecified atom stereocenters. The van der Waals surface area contributed by atoms with E-state index in [1.165, 1.54) is 0 Å². The molecule has 1 aromatic heterocycles. The van der Waals surface area contributed by atoms with Crippen LogP contribution in [0, 0.1) is 16.5 Å². The second kappa shape index (κ2) is 2.58. The van der Waals surface area contributed by atoms with Crippen LogP contribution in [0.1, 0.15) is 31.2 Å². The van der Waals surface area contributed by atoms with Crippen molar-refractivity contribution >= 4 is 0 Å². The normalized spacial score (nSPS) is 10.0. The van der Waals surface area contributed by atoms with Gasteiger partial charge in [-0.15, -0.1) is 0 Å². The van der Waals surface area contributed by atoms with E-state index in [0.29, 0.717) is 5.69 Å². The summed E-state index contributed by atoms with van der Waals surface area (Å²) in [5, 5.41) is 22.5. The molecule has 0 aliphatic carbocycles. The first-order chi connectivity index (χ1) is 5.16. The smallest absolute Gasteiger partial charge is 0.297 e. The summed E-state index contributed by atoms with van der Waals surface area (Å²) in [5.41, 5.74) is 0.350. The van der Waals surface area contributed by atoms with Gasteiger partial charge in [0.2, 0.25) is 5.69 Å². The molecule has 0 saturated carbocycles. The van der Waals surface area contributed by atoms with E-state index in [1.54, 1.807) is 6.07 Å². The minimum atomic E-state index is -0.0556. The molecule has 0 radical (unpaired) electrons. The number of nitriles is 1. The van der Waals surface area contributed by atoms with Crippen molar-refractivity contribution in [1.82, 2.24) is 5.16 Å². The molecule has 0 aliphatic rings. The average Bonchev–Trinajstić information content (AvgIpc) is 2.30. The topological polar surface area (TPSA) is 76.8 Å². The Labute approximate surface area is 63.4 Å². The molecule has 0 N–H and O–H groups in total. The van der Waals surface area contributed by atoms with Crippen molar-refractivity contribution in [3.8, 4) is 6.07 Å². The maximum atomic E-state index is 10.6. The van der Waals surface area contributed by atoms with E-state index in [0.717, 1.165) is 0 Å². The molecule has 1 rings (SSSR count). The van der Waals surface area contributed by atoms with Crippen LogP contribution in [0.3, 0.4) is 0 Å². The minimum Gasteiger partial charge on any atom is -0.358 e. The highest BCUT2D eigenvalue weighted by Crippen LogP contribution is 2.12. The van der Waals surface area contributed by atoms with Crippen LogP contribution >= 0.6 is 0 Å². The second-order valence-electron chi connectivity index (χ2n) is 2.43. The summed E-state index contributed by atoms with van der Waals surface area (Å²) < 4.78 is 4.24. The number of nitrogens with zero attached hydrogens (tertiary/aromatic N) is 3. The lowest BCUT2D eigenvalue weighted by atomic mass is 10.1. The van der Waals surface area contributed by atoms with Crippen LogP contribution in [-0.2, 0) is 0 Å². The van der Waals surface area contributed by atoms with Crippen LogP contribution in [0.4, 0.5) is 0 Å². The molecule has 0 amide bonds. The number of hydrogen-bond acceptors (Lipinski definition) is 4. The summed E-state index contributed by atoms with van der Waals surface area (Å²) in [4.78, 5) is 0.120. The molecule has 5 heteroatoms. The van der Waals surface area contributed by atoms with Gasteiger partial charge in [-0.05, 0) is 4.90 Å². The van der Waals surface area contributed by atoms with Crippen molar-refractivity contribution in [3.63, 3.8) is 0 Å². The summed E-state index contributed by atoms with van der Waals surface area (Å²) in [6.07, 6.45) is 0. The van der Waals surface area contributed by atoms with Gasteiger partial charge in [-0.3, -0.25) is 4.63 Å². The van der Waals surface area contributed by atoms with Crippen molar-refractivity contribution in [2.45, 2.75) is 19.8 Å². The predicted molar refractivity (Wildman–Crippen MR) is 34.3 cm³/mol. The Hall–Kier alpha value is -1.57. The SMILES string of the molecule is CC(C)c1no[n+]([O-])c1C#N. The van der Waals surface area contributed by atoms with Crippen LogP contribution < -0.4 is 4.90 Å². The first-order valence-electron chi connectivity index (χ1n) is 3.16. The fourth-order valence-corrected chi connectivity index (χ4v) is 0.736. The molecule has 0 atom stereocenters. The van der Waals surface area contributed by atoms with Gasteiger partial charge < -0.3 is 5.21 Å². The summed E-state index contributed by atoms with van der Waals surface area (Å²) in [5.74, 6) is 0.0311. The molecule has 0 bridgehead atoms. The van der Waals surface area contributed by atoms with Crippen molar-refractivity contribution < 1.29 is 9.53 Å². The fourth-order valence-electron chi connectivity index (χ4n) is 0.736. The zero-order chi connectivity index (χ0) is 8.43. The van der Waals surface area contributed by atoms with Gasteiger partial charge in [-0.25, -0.2) is 0 Å². The molecule has 11 heavy (non-hydrogen) atoms. The van der Waals surface area contributed by atoms with Gasteiger partial charge in [0.25, 0.3) is 5.69 Å². The highest BCUT2D eigenvalue weighted by Gasteiger charge is 2.21. The van der Waals surface area contributed by atoms with Crippen LogP contribution in [0.2, 0.25) is 0 Å². The van der Waals surface area contributed by atoms with Gasteiger partial charge >= 0.3 is 0 Å². The standard InChI is InChI=1S/C6H7N3O2/c1-4(2)6-5(3-7)9(10)11-8-6/h4H,1-2H3. The van der Waals surface area contributed by atoms with E-state index in [1.807, 2.05) is 13.8 Å². The number of aromatic nitrogens is 2. The highest BCUT2D eigenvalue weighted by molar-refractivity contribution is 5.21. The lowest BCUT2D eigenvalue weighted by molar-refractivity contribution is -0.804. The lowest BCUT2D eigenvalue weighted by Crippen LogP contribution is -2.26. The van der Waals surface area contributed by atoms with E-state index in [-0.39, 0.29) is 16.5 Å². The zero-order valence-corrected chi connectivity index (χ0v) is 6.24. The quantitative estimate of drug-likeness (QED) is 0.544. The van der Waals surface area contributed by atoms with E-state index in [9.17, 15) is 5.21 Å². The number of hydrogen-bond donors (Lipinski definition) is 0. The Balaban J connectivity index is 3.19. The minimum absolute atomic E-state index is 0.0311. The molecule has 58 valence electrons. The van der Waals surface area contributed by atoms with E-state index in [2.05, 4.69) is 9.79 Å². The van der Waals surface area contributed by atoms with Gasteiger partial charge in [-0.2, -0.15) is 5.26 Å². The Kier molecular flexibility index (Phi) is 1.77. The summed E-state index contributed by atoms with van der Waals surface area (Å²) >= 11 is 0. The summed E-state index contributed by atoms with van der Waals surface area (Å²) in [7, 11) is 0. The highest BCUT2D eigenvalue weighted by atomic mass is 16.8. The zero-order valence-electron chi connectivity index (χ0n) is 6.24. The molecule has 5 nitrogen and oxygen atoms in total. The van der Waals surface area contributed by atoms with E-state index >= 15 is 0 Å². The molecular formula is C6H7N3O2. The fraction of sp³-hybridized carbons (Fsp3) is 0.500. The molecule has 0 fully saturated rings. The number of rotatable bonds is 1. The van der Waals surface area contributed by atoms with Gasteiger partial charge in [0.05, 0.1) is 0 Å². The Morgan fingerprint density at radius 3 is 2.73 bits per heavy atom. The van der Waals surface area contributed by atoms with Crippen molar-refractivity contribution in [3.05, 3.63) is 16.6 Å². The Bertz CT molecular complexity index is 297. The maximum Gasteiger partial charge on any atom is 0.297 e. The van der Waals surface area contributed by atoms with Gasteiger partial charge in [-0.1, -0.05) is 13.8 Å². The average molecular weight is 153 g/mol. The maximum absolute atomic E-state index is 10.6. The van der Waals surface area contributed by atoms with E-state index < -0.39 is 0 Å². The largest absolute Gasteiger partial charge is 0.358 e. The first-order valence-corrected chi connectivity index (χ1v) is 3.16. The molecule has 0 saturated heterocycles. The van der Waals surface area contributed by atoms with Crippen LogP contribution in [0.15, 0.2) is 4.63 Å². The summed E-state index contributed by atoms with van der Waals surface area (Å²) in [6, 6.07) is 1.72. The molecule has 0 aromatic carbocycles. The van der Waals surface area contributed by atoms with Crippen LogP contribution in [0.25, 0.3) is 0 Å². The molecule has 0 spiro atoms. The third kappa shape index (κ3) is 1.15. The van der Waals surface area contributed by atoms with Gasteiger partial charge in [0.1, 0.15) is 0 Å². The van der Waals surface area contributed by atoms with Crippen molar-refractivity contribution in [1.29, 1.82) is 5.26 Å². The lowest BCUT2D eigenvalue weighted by Gasteiger charge is -1.90. The van der Waals surface area contributed by atoms with Crippen LogP contribution in [-0.4, -0.2) is 5.16 Å². The predicted octanol–water partition coefficient (Wildman–Crippen LogP) is 0.303. The molecule has 1 aromatic rings. The third-order valence-corrected chi connectivity index (χ3v) is 1.29. The molecule has 1 heterocycles. The third-order valence-electron chi connectivity index (χ3n) is 1.29. The van der Waals surface area contributed by atoms with Crippen molar-refractivity contribution in [2.75, 3.05) is 0 Å². The van der Waals surface area contributed by atoms with Crippen LogP contribution in [0.5, 0.6) is 0 Å².